The van der Waals surface area contributed by atoms with Crippen LogP contribution in [0.25, 0.3) is 0 Å². The van der Waals surface area contributed by atoms with E-state index >= 15 is 0 Å². The van der Waals surface area contributed by atoms with Crippen LogP contribution >= 0.6 is 0 Å². The molecule has 0 aliphatic heterocycles. The number of hydrogen-bond donors (Lipinski definition) is 3. The Kier molecular flexibility index (Phi) is 12.9. The Labute approximate surface area is 190 Å². The Morgan fingerprint density at radius 2 is 1.44 bits per heavy atom. The number of carbonyl (C=O) groups excluding carboxylic acids is 3. The molecule has 0 aromatic rings. The topological polar surface area (TPSA) is 149 Å². The number of hydrogen-bond acceptors (Lipinski definition) is 9. The highest BCUT2D eigenvalue weighted by molar-refractivity contribution is 6.60. The van der Waals surface area contributed by atoms with Gasteiger partial charge in [0.05, 0.1) is 6.54 Å². The highest BCUT2D eigenvalue weighted by Gasteiger charge is 2.37. The minimum Gasteiger partial charge on any atom is -0.448 e. The Hall–Kier alpha value is -2.35. The lowest BCUT2D eigenvalue weighted by molar-refractivity contribution is -0.126. The first-order valence-electron chi connectivity index (χ1n) is 10.1. The predicted octanol–water partition coefficient (Wildman–Crippen LogP) is 1.37. The first-order valence-corrected chi connectivity index (χ1v) is 12.0. The van der Waals surface area contributed by atoms with Gasteiger partial charge in [0.15, 0.2) is 11.1 Å². The van der Waals surface area contributed by atoms with Crippen molar-refractivity contribution in [3.8, 4) is 0 Å². The molecular formula is C19H37N5O7Si. The van der Waals surface area contributed by atoms with E-state index in [0.29, 0.717) is 19.0 Å². The summed E-state index contributed by atoms with van der Waals surface area (Å²) in [5, 5.41) is 15.7. The van der Waals surface area contributed by atoms with Crippen molar-refractivity contribution in [1.29, 1.82) is 0 Å². The van der Waals surface area contributed by atoms with Gasteiger partial charge < -0.3 is 34.0 Å². The Morgan fingerprint density at radius 1 is 0.906 bits per heavy atom. The molecule has 32 heavy (non-hydrogen) atoms. The number of ether oxygens (including phenoxy) is 1. The fourth-order valence-corrected chi connectivity index (χ4v) is 3.96. The van der Waals surface area contributed by atoms with Crippen LogP contribution in [0.2, 0.25) is 6.04 Å². The van der Waals surface area contributed by atoms with Gasteiger partial charge in [-0.15, -0.1) is 0 Å². The molecule has 0 heterocycles. The molecule has 0 saturated heterocycles. The maximum absolute atomic E-state index is 12.3. The van der Waals surface area contributed by atoms with Crippen molar-refractivity contribution in [3.63, 3.8) is 0 Å². The second-order valence-electron chi connectivity index (χ2n) is 7.71. The van der Waals surface area contributed by atoms with E-state index in [4.69, 9.17) is 18.0 Å². The minimum absolute atomic E-state index is 0.0229. The van der Waals surface area contributed by atoms with Gasteiger partial charge in [0.2, 0.25) is 5.91 Å². The zero-order chi connectivity index (χ0) is 24.8. The summed E-state index contributed by atoms with van der Waals surface area (Å²) < 4.78 is 20.9. The van der Waals surface area contributed by atoms with Gasteiger partial charge in [-0.25, -0.2) is 4.79 Å². The lowest BCUT2D eigenvalue weighted by atomic mass is 10.1. The van der Waals surface area contributed by atoms with E-state index in [1.807, 2.05) is 0 Å². The van der Waals surface area contributed by atoms with E-state index in [2.05, 4.69) is 32.8 Å². The minimum atomic E-state index is -2.66. The second kappa shape index (κ2) is 13.9. The second-order valence-corrected chi connectivity index (χ2v) is 10.8. The van der Waals surface area contributed by atoms with Crippen LogP contribution in [0.5, 0.6) is 0 Å². The Balaban J connectivity index is 4.32. The van der Waals surface area contributed by atoms with Crippen molar-refractivity contribution in [2.24, 2.45) is 10.2 Å². The maximum atomic E-state index is 12.3. The SMILES string of the molecule is C=CNC(=O)C(C)(C)N=NC(C)(C)C(=O)NCCOC(=O)NCCC[Si](OC)(OC)OC. The lowest BCUT2D eigenvalue weighted by Gasteiger charge is -2.24. The van der Waals surface area contributed by atoms with Crippen molar-refractivity contribution in [2.75, 3.05) is 41.0 Å². The van der Waals surface area contributed by atoms with Crippen molar-refractivity contribution in [2.45, 2.75) is 51.2 Å². The average molecular weight is 476 g/mol. The number of alkyl carbamates (subject to hydrolysis) is 1. The highest BCUT2D eigenvalue weighted by Crippen LogP contribution is 2.16. The fraction of sp³-hybridized carbons (Fsp3) is 0.737. The molecule has 0 atom stereocenters. The molecule has 13 heteroatoms. The van der Waals surface area contributed by atoms with Crippen LogP contribution in [-0.4, -0.2) is 78.8 Å². The molecule has 3 N–H and O–H groups in total. The summed E-state index contributed by atoms with van der Waals surface area (Å²) in [5.41, 5.74) is -2.38. The van der Waals surface area contributed by atoms with Crippen LogP contribution in [0.4, 0.5) is 4.79 Å². The third kappa shape index (κ3) is 10.3. The van der Waals surface area contributed by atoms with Crippen molar-refractivity contribution >= 4 is 26.7 Å². The molecule has 0 radical (unpaired) electrons. The zero-order valence-electron chi connectivity index (χ0n) is 20.1. The third-order valence-electron chi connectivity index (χ3n) is 4.38. The number of rotatable bonds is 15. The summed E-state index contributed by atoms with van der Waals surface area (Å²) >= 11 is 0. The summed E-state index contributed by atoms with van der Waals surface area (Å²) in [6, 6.07) is 0.544. The normalized spacial score (nSPS) is 12.3. The van der Waals surface area contributed by atoms with Crippen LogP contribution in [0, 0.1) is 0 Å². The van der Waals surface area contributed by atoms with Gasteiger partial charge in [-0.3, -0.25) is 9.59 Å². The molecule has 0 saturated carbocycles. The largest absolute Gasteiger partial charge is 0.500 e. The van der Waals surface area contributed by atoms with Crippen molar-refractivity contribution in [1.82, 2.24) is 16.0 Å². The Bertz CT molecular complexity index is 658. The van der Waals surface area contributed by atoms with Crippen LogP contribution in [-0.2, 0) is 27.6 Å². The molecule has 3 amide bonds. The van der Waals surface area contributed by atoms with Gasteiger partial charge in [-0.1, -0.05) is 6.58 Å². The number of carbonyl (C=O) groups is 3. The van der Waals surface area contributed by atoms with Gasteiger partial charge in [-0.05, 0) is 40.3 Å². The summed E-state index contributed by atoms with van der Waals surface area (Å²) in [6.07, 6.45) is 1.24. The smallest absolute Gasteiger partial charge is 0.448 e. The molecule has 0 unspecified atom stereocenters. The van der Waals surface area contributed by atoms with Crippen molar-refractivity contribution < 1.29 is 32.4 Å². The molecule has 12 nitrogen and oxygen atoms in total. The molecular weight excluding hydrogens is 438 g/mol. The van der Waals surface area contributed by atoms with Crippen LogP contribution in [0.1, 0.15) is 34.1 Å². The number of amides is 3. The maximum Gasteiger partial charge on any atom is 0.500 e. The number of azo groups is 1. The predicted molar refractivity (Wildman–Crippen MR) is 120 cm³/mol. The van der Waals surface area contributed by atoms with E-state index in [9.17, 15) is 14.4 Å². The molecule has 0 fully saturated rings. The number of nitrogens with zero attached hydrogens (tertiary/aromatic N) is 2. The molecule has 0 aliphatic rings. The molecule has 0 aromatic heterocycles. The van der Waals surface area contributed by atoms with Crippen LogP contribution in [0.3, 0.4) is 0 Å². The average Bonchev–Trinajstić information content (AvgIpc) is 2.76. The van der Waals surface area contributed by atoms with E-state index in [-0.39, 0.29) is 13.2 Å². The molecule has 0 aliphatic carbocycles. The monoisotopic (exact) mass is 475 g/mol. The summed E-state index contributed by atoms with van der Waals surface area (Å²) in [7, 11) is 1.92. The molecule has 0 bridgehead atoms. The third-order valence-corrected chi connectivity index (χ3v) is 7.21. The molecule has 0 aromatic carbocycles. The molecule has 184 valence electrons. The summed E-state index contributed by atoms with van der Waals surface area (Å²) in [6.45, 7) is 10.1. The summed E-state index contributed by atoms with van der Waals surface area (Å²) in [5.74, 6) is -0.822. The first-order chi connectivity index (χ1) is 14.9. The van der Waals surface area contributed by atoms with Crippen LogP contribution < -0.4 is 16.0 Å². The quantitative estimate of drug-likeness (QED) is 0.184. The Morgan fingerprint density at radius 3 is 1.94 bits per heavy atom. The van der Waals surface area contributed by atoms with E-state index in [1.165, 1.54) is 27.5 Å². The van der Waals surface area contributed by atoms with Crippen LogP contribution in [0.15, 0.2) is 23.0 Å². The number of nitrogens with one attached hydrogen (secondary N) is 3. The standard InChI is InChI=1S/C19H37N5O7Si/c1-9-20-15(25)18(2,3)23-24-19(4,5)16(26)21-12-13-31-17(27)22-11-10-14-32(28-6,29-7)30-8/h9H,1,10-14H2,2-8H3,(H,20,25)(H,21,26)(H,22,27). The van der Waals surface area contributed by atoms with Gasteiger partial charge in [0, 0.05) is 33.9 Å². The van der Waals surface area contributed by atoms with Gasteiger partial charge >= 0.3 is 14.9 Å². The summed E-state index contributed by atoms with van der Waals surface area (Å²) in [4.78, 5) is 36.0. The molecule has 0 spiro atoms. The molecule has 0 rings (SSSR count). The van der Waals surface area contributed by atoms with Gasteiger partial charge in [0.25, 0.3) is 5.91 Å². The van der Waals surface area contributed by atoms with Gasteiger partial charge in [0.1, 0.15) is 6.61 Å². The zero-order valence-corrected chi connectivity index (χ0v) is 21.1. The van der Waals surface area contributed by atoms with E-state index in [1.54, 1.807) is 27.7 Å². The van der Waals surface area contributed by atoms with E-state index < -0.39 is 37.8 Å². The lowest BCUT2D eigenvalue weighted by Crippen LogP contribution is -2.44. The first kappa shape index (κ1) is 29.6. The van der Waals surface area contributed by atoms with Gasteiger partial charge in [-0.2, -0.15) is 10.2 Å². The highest BCUT2D eigenvalue weighted by atomic mass is 28.4. The van der Waals surface area contributed by atoms with Crippen molar-refractivity contribution in [3.05, 3.63) is 12.8 Å². The fourth-order valence-electron chi connectivity index (χ4n) is 2.24. The van der Waals surface area contributed by atoms with E-state index in [0.717, 1.165) is 0 Å².